The number of aromatic amines is 1. The normalized spacial score (nSPS) is 13.5. The lowest BCUT2D eigenvalue weighted by molar-refractivity contribution is -0.341. The van der Waals surface area contributed by atoms with E-state index in [4.69, 9.17) is 9.47 Å². The predicted octanol–water partition coefficient (Wildman–Crippen LogP) is 5.33. The van der Waals surface area contributed by atoms with Crippen LogP contribution in [-0.2, 0) is 17.6 Å². The number of H-pyrrole nitrogens is 1. The Morgan fingerprint density at radius 3 is 2.71 bits per heavy atom. The van der Waals surface area contributed by atoms with Gasteiger partial charge in [-0.15, -0.1) is 0 Å². The van der Waals surface area contributed by atoms with Crippen molar-refractivity contribution in [1.29, 1.82) is 0 Å². The van der Waals surface area contributed by atoms with Crippen molar-refractivity contribution in [3.63, 3.8) is 0 Å². The van der Waals surface area contributed by atoms with E-state index >= 15 is 0 Å². The van der Waals surface area contributed by atoms with Crippen LogP contribution in [0, 0.1) is 0 Å². The summed E-state index contributed by atoms with van der Waals surface area (Å²) < 4.78 is 10.9. The van der Waals surface area contributed by atoms with E-state index in [1.54, 1.807) is 7.11 Å². The van der Waals surface area contributed by atoms with E-state index in [0.717, 1.165) is 35.6 Å². The molecule has 1 aliphatic rings. The molecule has 1 aromatic heterocycles. The summed E-state index contributed by atoms with van der Waals surface area (Å²) in [5.41, 5.74) is 3.75. The second-order valence-corrected chi connectivity index (χ2v) is 8.32. The lowest BCUT2D eigenvalue weighted by Gasteiger charge is -2.21. The zero-order chi connectivity index (χ0) is 20.9. The maximum absolute atomic E-state index is 11.1. The molecule has 6 rings (SSSR count). The molecule has 1 aliphatic carbocycles. The van der Waals surface area contributed by atoms with Crippen LogP contribution in [-0.4, -0.2) is 25.4 Å². The minimum Gasteiger partial charge on any atom is -0.504 e. The fourth-order valence-electron chi connectivity index (χ4n) is 5.21. The van der Waals surface area contributed by atoms with Crippen molar-refractivity contribution in [2.45, 2.75) is 19.3 Å². The Hall–Kier alpha value is -3.37. The molecule has 4 nitrogen and oxygen atoms in total. The highest BCUT2D eigenvalue weighted by molar-refractivity contribution is 6.19. The molecule has 5 aromatic rings. The number of benzene rings is 4. The number of nitrogens with one attached hydrogen (secondary N) is 1. The molecule has 0 atom stereocenters. The van der Waals surface area contributed by atoms with Crippen LogP contribution >= 0.6 is 0 Å². The van der Waals surface area contributed by atoms with Gasteiger partial charge in [-0.25, -0.2) is 4.98 Å². The van der Waals surface area contributed by atoms with Gasteiger partial charge in [0.1, 0.15) is 6.61 Å². The molecular formula is C27H24NO3+. The van der Waals surface area contributed by atoms with Gasteiger partial charge in [0.15, 0.2) is 17.7 Å². The number of pyridine rings is 1. The fraction of sp³-hybridized carbons (Fsp3) is 0.222. The number of ether oxygens (including phenoxy) is 2. The van der Waals surface area contributed by atoms with Crippen molar-refractivity contribution in [3.05, 3.63) is 65.9 Å². The number of aromatic hydroxyl groups is 1. The van der Waals surface area contributed by atoms with E-state index in [1.807, 2.05) is 6.07 Å². The Morgan fingerprint density at radius 1 is 0.903 bits per heavy atom. The molecule has 0 saturated carbocycles. The van der Waals surface area contributed by atoms with Crippen molar-refractivity contribution < 1.29 is 19.6 Å². The topological polar surface area (TPSA) is 52.8 Å². The molecule has 4 heteroatoms. The average Bonchev–Trinajstić information content (AvgIpc) is 2.80. The Labute approximate surface area is 180 Å². The summed E-state index contributed by atoms with van der Waals surface area (Å²) in [6, 6.07) is 17.0. The minimum absolute atomic E-state index is 0.237. The van der Waals surface area contributed by atoms with Crippen LogP contribution in [0.4, 0.5) is 0 Å². The number of aryl methyl sites for hydroxylation is 2. The number of aromatic nitrogens is 1. The van der Waals surface area contributed by atoms with E-state index in [2.05, 4.69) is 53.6 Å². The van der Waals surface area contributed by atoms with Gasteiger partial charge < -0.3 is 14.6 Å². The van der Waals surface area contributed by atoms with E-state index in [-0.39, 0.29) is 5.75 Å². The van der Waals surface area contributed by atoms with Gasteiger partial charge in [0.25, 0.3) is 0 Å². The van der Waals surface area contributed by atoms with Gasteiger partial charge in [-0.2, -0.15) is 0 Å². The van der Waals surface area contributed by atoms with E-state index in [0.29, 0.717) is 19.0 Å². The van der Waals surface area contributed by atoms with Crippen LogP contribution in [0.25, 0.3) is 43.2 Å². The maximum atomic E-state index is 11.1. The molecule has 1 heterocycles. The van der Waals surface area contributed by atoms with Crippen LogP contribution < -0.4 is 9.72 Å². The number of fused-ring (bicyclic) bond motifs is 6. The lowest BCUT2D eigenvalue weighted by Crippen LogP contribution is -2.09. The van der Waals surface area contributed by atoms with E-state index in [1.165, 1.54) is 38.1 Å². The molecule has 0 bridgehead atoms. The van der Waals surface area contributed by atoms with Crippen molar-refractivity contribution in [2.24, 2.45) is 0 Å². The fourth-order valence-corrected chi connectivity index (χ4v) is 5.21. The largest absolute Gasteiger partial charge is 0.504 e. The number of phenolic OH excluding ortho intramolecular Hbond substituents is 1. The van der Waals surface area contributed by atoms with Gasteiger partial charge in [-0.3, -0.25) is 0 Å². The van der Waals surface area contributed by atoms with Crippen molar-refractivity contribution in [3.8, 4) is 11.5 Å². The SMILES string of the molecule is COCCOc1ccc2cc3c4c(cc5c6ccccc6c[nH+]c35)CCCc4c2c1O. The van der Waals surface area contributed by atoms with E-state index < -0.39 is 0 Å². The Balaban J connectivity index is 1.70. The predicted molar refractivity (Wildman–Crippen MR) is 124 cm³/mol. The molecule has 0 amide bonds. The smallest absolute Gasteiger partial charge is 0.219 e. The molecule has 0 spiro atoms. The second-order valence-electron chi connectivity index (χ2n) is 8.32. The maximum Gasteiger partial charge on any atom is 0.219 e. The van der Waals surface area contributed by atoms with Crippen LogP contribution in [0.15, 0.2) is 54.7 Å². The first-order valence-electron chi connectivity index (χ1n) is 10.8. The third kappa shape index (κ3) is 2.75. The van der Waals surface area contributed by atoms with Crippen molar-refractivity contribution in [2.75, 3.05) is 20.3 Å². The molecule has 0 aliphatic heterocycles. The number of rotatable bonds is 4. The summed E-state index contributed by atoms with van der Waals surface area (Å²) in [6.07, 6.45) is 5.18. The van der Waals surface area contributed by atoms with Gasteiger partial charge >= 0.3 is 0 Å². The van der Waals surface area contributed by atoms with Gasteiger partial charge in [0.2, 0.25) is 5.52 Å². The molecular weight excluding hydrogens is 386 g/mol. The molecule has 0 saturated heterocycles. The van der Waals surface area contributed by atoms with Crippen molar-refractivity contribution in [1.82, 2.24) is 0 Å². The standard InChI is InChI=1S/C27H23NO3/c1-30-11-12-31-23-10-9-17-14-22-24-16(6-4-8-20(24)25(17)27(23)29)13-21-19-7-3-2-5-18(19)15-28-26(21)22/h2-3,5,7,9-10,13-15,29H,4,6,8,11-12H2,1H3/p+1. The van der Waals surface area contributed by atoms with Crippen molar-refractivity contribution >= 4 is 43.2 Å². The molecule has 0 radical (unpaired) electrons. The highest BCUT2D eigenvalue weighted by atomic mass is 16.5. The van der Waals surface area contributed by atoms with Gasteiger partial charge in [0.05, 0.1) is 17.4 Å². The monoisotopic (exact) mass is 410 g/mol. The lowest BCUT2D eigenvalue weighted by atomic mass is 9.83. The summed E-state index contributed by atoms with van der Waals surface area (Å²) in [5.74, 6) is 0.756. The highest BCUT2D eigenvalue weighted by Crippen LogP contribution is 2.44. The summed E-state index contributed by atoms with van der Waals surface area (Å²) in [6.45, 7) is 0.901. The number of phenols is 1. The minimum atomic E-state index is 0.237. The Bertz CT molecular complexity index is 1490. The van der Waals surface area contributed by atoms with Crippen LogP contribution in [0.2, 0.25) is 0 Å². The first-order valence-corrected chi connectivity index (χ1v) is 10.8. The zero-order valence-corrected chi connectivity index (χ0v) is 17.5. The van der Waals surface area contributed by atoms with Gasteiger partial charge in [-0.1, -0.05) is 24.3 Å². The third-order valence-corrected chi connectivity index (χ3v) is 6.57. The molecule has 0 unspecified atom stereocenters. The van der Waals surface area contributed by atoms with Crippen LogP contribution in [0.1, 0.15) is 17.5 Å². The number of methoxy groups -OCH3 is 1. The summed E-state index contributed by atoms with van der Waals surface area (Å²) >= 11 is 0. The summed E-state index contributed by atoms with van der Waals surface area (Å²) in [7, 11) is 1.64. The highest BCUT2D eigenvalue weighted by Gasteiger charge is 2.23. The summed E-state index contributed by atoms with van der Waals surface area (Å²) in [5, 5.41) is 19.3. The second kappa shape index (κ2) is 7.10. The molecule has 0 fully saturated rings. The van der Waals surface area contributed by atoms with Gasteiger partial charge in [0, 0.05) is 23.3 Å². The summed E-state index contributed by atoms with van der Waals surface area (Å²) in [4.78, 5) is 3.56. The Kier molecular flexibility index (Phi) is 4.22. The van der Waals surface area contributed by atoms with Gasteiger partial charge in [-0.05, 0) is 65.4 Å². The first-order chi connectivity index (χ1) is 15.3. The first kappa shape index (κ1) is 18.4. The Morgan fingerprint density at radius 2 is 1.81 bits per heavy atom. The van der Waals surface area contributed by atoms with Crippen LogP contribution in [0.3, 0.4) is 0 Å². The molecule has 31 heavy (non-hydrogen) atoms. The molecule has 154 valence electrons. The third-order valence-electron chi connectivity index (χ3n) is 6.57. The number of hydrogen-bond acceptors (Lipinski definition) is 3. The molecule has 2 N–H and O–H groups in total. The quantitative estimate of drug-likeness (QED) is 0.247. The molecule has 4 aromatic carbocycles. The van der Waals surface area contributed by atoms with Crippen LogP contribution in [0.5, 0.6) is 11.5 Å². The zero-order valence-electron chi connectivity index (χ0n) is 17.5. The average molecular weight is 410 g/mol. The van der Waals surface area contributed by atoms with E-state index in [9.17, 15) is 5.11 Å². The number of hydrogen-bond donors (Lipinski definition) is 1.